The highest BCUT2D eigenvalue weighted by molar-refractivity contribution is 7.90. The number of nitrogens with zero attached hydrogens (tertiary/aromatic N) is 4. The Labute approximate surface area is 183 Å². The molecule has 0 unspecified atom stereocenters. The molecule has 2 aromatic heterocycles. The molecule has 1 aliphatic heterocycles. The zero-order valence-electron chi connectivity index (χ0n) is 16.9. The van der Waals surface area contributed by atoms with Gasteiger partial charge in [0, 0.05) is 25.5 Å². The van der Waals surface area contributed by atoms with Crippen molar-refractivity contribution in [1.29, 1.82) is 0 Å². The summed E-state index contributed by atoms with van der Waals surface area (Å²) >= 11 is 1.30. The normalized spacial score (nSPS) is 15.2. The third kappa shape index (κ3) is 5.10. The summed E-state index contributed by atoms with van der Waals surface area (Å²) in [6.45, 7) is 2.23. The van der Waals surface area contributed by atoms with Crippen LogP contribution in [-0.4, -0.2) is 49.3 Å². The molecule has 0 atom stereocenters. The van der Waals surface area contributed by atoms with Crippen molar-refractivity contribution < 1.29 is 17.5 Å². The number of sulfone groups is 1. The van der Waals surface area contributed by atoms with Gasteiger partial charge in [-0.15, -0.1) is 0 Å². The molecule has 3 aromatic rings. The zero-order chi connectivity index (χ0) is 22.0. The van der Waals surface area contributed by atoms with Crippen LogP contribution in [0.5, 0.6) is 5.19 Å². The number of halogens is 1. The fourth-order valence-corrected chi connectivity index (χ4v) is 4.90. The molecule has 1 aliphatic rings. The number of nitrogens with two attached hydrogens (primary N) is 1. The molecule has 2 N–H and O–H groups in total. The van der Waals surface area contributed by atoms with Gasteiger partial charge in [0.2, 0.25) is 5.95 Å². The standard InChI is InChI=1S/C20H22FN5O3S2/c1-31(27,28)18-3-2-14(8-16(18)21)17-11-25-20(30-17)29-12-13-4-6-26(7-5-13)19-23-9-15(22)10-24-19/h2-3,8-11,13H,4-7,12,22H2,1H3. The minimum absolute atomic E-state index is 0.312. The number of rotatable bonds is 6. The largest absolute Gasteiger partial charge is 0.470 e. The van der Waals surface area contributed by atoms with E-state index in [9.17, 15) is 12.8 Å². The van der Waals surface area contributed by atoms with Crippen LogP contribution in [-0.2, 0) is 9.84 Å². The summed E-state index contributed by atoms with van der Waals surface area (Å²) in [6, 6.07) is 4.06. The average Bonchev–Trinajstić information content (AvgIpc) is 3.21. The van der Waals surface area contributed by atoms with Crippen molar-refractivity contribution in [2.24, 2.45) is 5.92 Å². The third-order valence-electron chi connectivity index (χ3n) is 5.10. The molecule has 11 heteroatoms. The molecule has 0 spiro atoms. The van der Waals surface area contributed by atoms with Crippen molar-refractivity contribution in [3.05, 3.63) is 42.6 Å². The van der Waals surface area contributed by atoms with Gasteiger partial charge in [0.1, 0.15) is 10.7 Å². The van der Waals surface area contributed by atoms with E-state index in [2.05, 4.69) is 19.9 Å². The first-order valence-corrected chi connectivity index (χ1v) is 12.4. The first-order valence-electron chi connectivity index (χ1n) is 9.70. The van der Waals surface area contributed by atoms with E-state index in [1.165, 1.54) is 23.5 Å². The van der Waals surface area contributed by atoms with Crippen molar-refractivity contribution in [2.75, 3.05) is 36.6 Å². The molecule has 0 bridgehead atoms. The van der Waals surface area contributed by atoms with E-state index in [1.807, 2.05) is 0 Å². The molecule has 8 nitrogen and oxygen atoms in total. The van der Waals surface area contributed by atoms with Gasteiger partial charge in [-0.3, -0.25) is 0 Å². The van der Waals surface area contributed by atoms with Crippen LogP contribution in [0.2, 0.25) is 0 Å². The Morgan fingerprint density at radius 1 is 1.19 bits per heavy atom. The van der Waals surface area contributed by atoms with Crippen LogP contribution >= 0.6 is 11.3 Å². The Morgan fingerprint density at radius 2 is 1.90 bits per heavy atom. The van der Waals surface area contributed by atoms with Crippen LogP contribution in [0.3, 0.4) is 0 Å². The van der Waals surface area contributed by atoms with Crippen LogP contribution in [0.25, 0.3) is 10.4 Å². The number of piperidine rings is 1. The van der Waals surface area contributed by atoms with Gasteiger partial charge in [0.05, 0.1) is 29.6 Å². The fourth-order valence-electron chi connectivity index (χ4n) is 3.40. The average molecular weight is 464 g/mol. The number of hydrogen-bond donors (Lipinski definition) is 1. The highest BCUT2D eigenvalue weighted by Crippen LogP contribution is 2.32. The molecule has 0 saturated carbocycles. The first-order chi connectivity index (χ1) is 14.8. The molecule has 1 aromatic carbocycles. The van der Waals surface area contributed by atoms with Crippen LogP contribution < -0.4 is 15.4 Å². The van der Waals surface area contributed by atoms with Crippen LogP contribution in [0.15, 0.2) is 41.7 Å². The Bertz CT molecular complexity index is 1160. The second kappa shape index (κ2) is 8.75. The topological polar surface area (TPSA) is 111 Å². The number of aromatic nitrogens is 3. The van der Waals surface area contributed by atoms with Gasteiger partial charge in [-0.1, -0.05) is 17.4 Å². The number of benzene rings is 1. The number of nitrogen functional groups attached to an aromatic ring is 1. The van der Waals surface area contributed by atoms with Crippen molar-refractivity contribution in [3.63, 3.8) is 0 Å². The maximum absolute atomic E-state index is 14.2. The smallest absolute Gasteiger partial charge is 0.273 e. The SMILES string of the molecule is CS(=O)(=O)c1ccc(-c2cnc(OCC3CCN(c4ncc(N)cn4)CC3)s2)cc1F. The molecule has 1 fully saturated rings. The summed E-state index contributed by atoms with van der Waals surface area (Å²) < 4.78 is 43.2. The Hall–Kier alpha value is -2.79. The van der Waals surface area contributed by atoms with E-state index in [1.54, 1.807) is 24.7 Å². The lowest BCUT2D eigenvalue weighted by Gasteiger charge is -2.31. The van der Waals surface area contributed by atoms with Crippen LogP contribution in [0.4, 0.5) is 16.0 Å². The van der Waals surface area contributed by atoms with E-state index >= 15 is 0 Å². The molecule has 0 aliphatic carbocycles. The summed E-state index contributed by atoms with van der Waals surface area (Å²) in [5, 5.41) is 0.506. The summed E-state index contributed by atoms with van der Waals surface area (Å²) in [5.74, 6) is 0.309. The van der Waals surface area contributed by atoms with Gasteiger partial charge in [0.15, 0.2) is 9.84 Å². The number of ether oxygens (including phenoxy) is 1. The van der Waals surface area contributed by atoms with Gasteiger partial charge < -0.3 is 15.4 Å². The first kappa shape index (κ1) is 21.4. The van der Waals surface area contributed by atoms with Gasteiger partial charge in [0.25, 0.3) is 5.19 Å². The van der Waals surface area contributed by atoms with E-state index in [0.717, 1.165) is 32.2 Å². The molecule has 0 amide bonds. The van der Waals surface area contributed by atoms with E-state index in [0.29, 0.717) is 39.8 Å². The van der Waals surface area contributed by atoms with Crippen LogP contribution in [0, 0.1) is 11.7 Å². The number of thiazole rings is 1. The van der Waals surface area contributed by atoms with Gasteiger partial charge >= 0.3 is 0 Å². The number of anilines is 2. The predicted octanol–water partition coefficient (Wildman–Crippen LogP) is 3.02. The van der Waals surface area contributed by atoms with Crippen molar-refractivity contribution in [1.82, 2.24) is 15.0 Å². The summed E-state index contributed by atoms with van der Waals surface area (Å²) in [6.07, 6.45) is 7.71. The van der Waals surface area contributed by atoms with Gasteiger partial charge in [-0.2, -0.15) is 0 Å². The molecule has 1 saturated heterocycles. The molecular formula is C20H22FN5O3S2. The molecular weight excluding hydrogens is 441 g/mol. The molecule has 164 valence electrons. The van der Waals surface area contributed by atoms with Crippen molar-refractivity contribution >= 4 is 32.8 Å². The molecule has 31 heavy (non-hydrogen) atoms. The van der Waals surface area contributed by atoms with E-state index < -0.39 is 15.7 Å². The monoisotopic (exact) mass is 463 g/mol. The molecule has 3 heterocycles. The summed E-state index contributed by atoms with van der Waals surface area (Å²) in [7, 11) is -3.60. The second-order valence-electron chi connectivity index (χ2n) is 7.47. The molecule has 0 radical (unpaired) electrons. The van der Waals surface area contributed by atoms with Crippen molar-refractivity contribution in [2.45, 2.75) is 17.7 Å². The lowest BCUT2D eigenvalue weighted by molar-refractivity contribution is 0.221. The van der Waals surface area contributed by atoms with E-state index in [4.69, 9.17) is 10.5 Å². The highest BCUT2D eigenvalue weighted by Gasteiger charge is 2.22. The molecule has 4 rings (SSSR count). The van der Waals surface area contributed by atoms with Gasteiger partial charge in [-0.25, -0.2) is 27.8 Å². The van der Waals surface area contributed by atoms with E-state index in [-0.39, 0.29) is 4.90 Å². The van der Waals surface area contributed by atoms with Crippen LogP contribution in [0.1, 0.15) is 12.8 Å². The lowest BCUT2D eigenvalue weighted by Crippen LogP contribution is -2.36. The number of hydrogen-bond acceptors (Lipinski definition) is 9. The Morgan fingerprint density at radius 3 is 2.55 bits per heavy atom. The third-order valence-corrected chi connectivity index (χ3v) is 7.19. The minimum atomic E-state index is -3.60. The second-order valence-corrected chi connectivity index (χ2v) is 10.4. The Balaban J connectivity index is 1.32. The fraction of sp³-hybridized carbons (Fsp3) is 0.350. The maximum atomic E-state index is 14.2. The Kier molecular flexibility index (Phi) is 6.05. The predicted molar refractivity (Wildman–Crippen MR) is 117 cm³/mol. The van der Waals surface area contributed by atoms with Crippen molar-refractivity contribution in [3.8, 4) is 15.6 Å². The summed E-state index contributed by atoms with van der Waals surface area (Å²) in [4.78, 5) is 15.3. The highest BCUT2D eigenvalue weighted by atomic mass is 32.2. The summed E-state index contributed by atoms with van der Waals surface area (Å²) in [5.41, 5.74) is 6.74. The quantitative estimate of drug-likeness (QED) is 0.594. The zero-order valence-corrected chi connectivity index (χ0v) is 18.5. The van der Waals surface area contributed by atoms with Gasteiger partial charge in [-0.05, 0) is 36.5 Å². The maximum Gasteiger partial charge on any atom is 0.273 e. The lowest BCUT2D eigenvalue weighted by atomic mass is 9.98. The minimum Gasteiger partial charge on any atom is -0.470 e.